The number of benzene rings is 2. The van der Waals surface area contributed by atoms with Gasteiger partial charge in [-0.1, -0.05) is 0 Å². The topological polar surface area (TPSA) is 116 Å². The van der Waals surface area contributed by atoms with Gasteiger partial charge in [-0.3, -0.25) is 4.90 Å². The van der Waals surface area contributed by atoms with Crippen molar-refractivity contribution in [3.05, 3.63) is 60.4 Å². The maximum atomic E-state index is 15.1. The Hall–Kier alpha value is -4.54. The summed E-state index contributed by atoms with van der Waals surface area (Å²) in [5.41, 5.74) is 2.49. The van der Waals surface area contributed by atoms with E-state index in [-0.39, 0.29) is 24.3 Å². The van der Waals surface area contributed by atoms with Crippen LogP contribution in [0.4, 0.5) is 30.8 Å². The van der Waals surface area contributed by atoms with E-state index in [2.05, 4.69) is 43.3 Å². The molecule has 0 saturated carbocycles. The van der Waals surface area contributed by atoms with Crippen molar-refractivity contribution in [1.82, 2.24) is 19.8 Å². The van der Waals surface area contributed by atoms with Gasteiger partial charge in [-0.2, -0.15) is 5.26 Å². The number of piperidine rings is 1. The number of hydrogen-bond acceptors (Lipinski definition) is 10. The zero-order chi connectivity index (χ0) is 33.2. The molecule has 11 nitrogen and oxygen atoms in total. The van der Waals surface area contributed by atoms with Crippen molar-refractivity contribution < 1.29 is 27.8 Å². The molecule has 0 aliphatic carbocycles. The van der Waals surface area contributed by atoms with Crippen LogP contribution in [0.25, 0.3) is 11.3 Å². The van der Waals surface area contributed by atoms with Crippen LogP contribution in [0.15, 0.2) is 54.9 Å². The van der Waals surface area contributed by atoms with Gasteiger partial charge in [0.05, 0.1) is 37.1 Å². The number of hydrogen-bond donors (Lipinski definition) is 1. The van der Waals surface area contributed by atoms with Crippen LogP contribution in [-0.2, 0) is 9.47 Å². The van der Waals surface area contributed by atoms with Gasteiger partial charge in [0, 0.05) is 62.1 Å². The first kappa shape index (κ1) is 32.4. The highest BCUT2D eigenvalue weighted by Crippen LogP contribution is 2.34. The molecule has 0 bridgehead atoms. The zero-order valence-corrected chi connectivity index (χ0v) is 26.8. The molecular weight excluding hydrogens is 608 g/mol. The Morgan fingerprint density at radius 2 is 1.79 bits per heavy atom. The molecule has 47 heavy (non-hydrogen) atoms. The van der Waals surface area contributed by atoms with Crippen LogP contribution in [0, 0.1) is 11.3 Å². The number of aromatic nitrogens is 2. The number of piperazine rings is 1. The summed E-state index contributed by atoms with van der Waals surface area (Å²) < 4.78 is 46.4. The number of amides is 1. The van der Waals surface area contributed by atoms with Gasteiger partial charge in [0.1, 0.15) is 29.6 Å². The smallest absolute Gasteiger partial charge is 0.410 e. The molecule has 1 amide bonds. The predicted molar refractivity (Wildman–Crippen MR) is 172 cm³/mol. The molecule has 6 rings (SSSR count). The number of carbonyl (C=O) groups is 1. The number of anilines is 3. The fourth-order valence-electron chi connectivity index (χ4n) is 5.85. The van der Waals surface area contributed by atoms with Crippen LogP contribution in [0.5, 0.6) is 5.75 Å². The van der Waals surface area contributed by atoms with E-state index in [1.54, 1.807) is 39.0 Å². The van der Waals surface area contributed by atoms with Crippen molar-refractivity contribution >= 4 is 23.3 Å². The first-order chi connectivity index (χ1) is 22.5. The molecule has 248 valence electrons. The van der Waals surface area contributed by atoms with E-state index >= 15 is 8.78 Å². The molecule has 1 aromatic heterocycles. The lowest BCUT2D eigenvalue weighted by molar-refractivity contribution is -0.137. The minimum absolute atomic E-state index is 0.0394. The summed E-state index contributed by atoms with van der Waals surface area (Å²) >= 11 is 0. The van der Waals surface area contributed by atoms with Crippen LogP contribution in [0.3, 0.4) is 0 Å². The van der Waals surface area contributed by atoms with Gasteiger partial charge in [0.15, 0.2) is 6.10 Å². The normalized spacial score (nSPS) is 20.2. The Balaban J connectivity index is 1.08. The average molecular weight is 648 g/mol. The number of carbonyl (C=O) groups excluding carboxylic acids is 1. The molecule has 1 N–H and O–H groups in total. The monoisotopic (exact) mass is 647 g/mol. The van der Waals surface area contributed by atoms with Crippen molar-refractivity contribution in [3.8, 4) is 23.1 Å². The number of likely N-dealkylation sites (tertiary alicyclic amines) is 1. The molecule has 0 radical (unpaired) electrons. The third-order valence-corrected chi connectivity index (χ3v) is 8.47. The number of nitriles is 1. The second kappa shape index (κ2) is 13.3. The second-order valence-corrected chi connectivity index (χ2v) is 13.1. The lowest BCUT2D eigenvalue weighted by atomic mass is 10.0. The number of nitrogens with zero attached hydrogens (tertiary/aromatic N) is 6. The maximum Gasteiger partial charge on any atom is 0.410 e. The largest absolute Gasteiger partial charge is 0.483 e. The molecule has 1 unspecified atom stereocenters. The second-order valence-electron chi connectivity index (χ2n) is 13.1. The number of rotatable bonds is 7. The molecular formula is C34H39F2N7O4. The highest BCUT2D eigenvalue weighted by molar-refractivity contribution is 5.69. The van der Waals surface area contributed by atoms with Gasteiger partial charge in [-0.05, 0) is 63.2 Å². The van der Waals surface area contributed by atoms with Gasteiger partial charge in [0.25, 0.3) is 0 Å². The maximum absolute atomic E-state index is 15.1. The lowest BCUT2D eigenvalue weighted by Gasteiger charge is -2.43. The SMILES string of the molecule is CC(C)(C)OC(=O)N1CCC(Oc2ccc(-c3cc(Nc4ccc(N5CCN(C6COC6)CC5)cc4)ncn3)cc2C#N)C(F)(F)C1. The third-order valence-electron chi connectivity index (χ3n) is 8.47. The highest BCUT2D eigenvalue weighted by Gasteiger charge is 2.48. The summed E-state index contributed by atoms with van der Waals surface area (Å²) in [6, 6.07) is 17.3. The Bertz CT molecular complexity index is 1610. The minimum atomic E-state index is -3.34. The van der Waals surface area contributed by atoms with Gasteiger partial charge < -0.3 is 29.3 Å². The standard InChI is InChI=1S/C34H39F2N7O4/c1-33(2,3)47-32(44)43-11-10-30(34(35,36)21-43)46-29-9-4-23(16-24(29)18-37)28-17-31(39-22-38-28)40-25-5-7-26(8-6-25)41-12-14-42(15-13-41)27-19-45-20-27/h4-9,16-17,22,27,30H,10-15,19-21H2,1-3H3,(H,38,39,40). The Labute approximate surface area is 273 Å². The molecule has 3 aromatic rings. The van der Waals surface area contributed by atoms with Crippen molar-refractivity contribution in [2.75, 3.05) is 62.7 Å². The van der Waals surface area contributed by atoms with Crippen molar-refractivity contribution in [3.63, 3.8) is 0 Å². The Morgan fingerprint density at radius 3 is 2.43 bits per heavy atom. The van der Waals surface area contributed by atoms with Crippen LogP contribution < -0.4 is 15.0 Å². The van der Waals surface area contributed by atoms with E-state index < -0.39 is 30.3 Å². The zero-order valence-electron chi connectivity index (χ0n) is 26.8. The number of ether oxygens (including phenoxy) is 3. The van der Waals surface area contributed by atoms with E-state index in [0.29, 0.717) is 23.1 Å². The third kappa shape index (κ3) is 7.72. The first-order valence-corrected chi connectivity index (χ1v) is 15.8. The van der Waals surface area contributed by atoms with Crippen LogP contribution in [0.2, 0.25) is 0 Å². The van der Waals surface area contributed by atoms with E-state index in [1.165, 1.54) is 18.1 Å². The summed E-state index contributed by atoms with van der Waals surface area (Å²) in [6.45, 7) is 9.93. The number of halogens is 2. The molecule has 13 heteroatoms. The summed E-state index contributed by atoms with van der Waals surface area (Å²) in [5, 5.41) is 13.2. The van der Waals surface area contributed by atoms with Crippen LogP contribution in [-0.4, -0.2) is 102 Å². The highest BCUT2D eigenvalue weighted by atomic mass is 19.3. The fraction of sp³-hybridized carbons (Fsp3) is 0.471. The van der Waals surface area contributed by atoms with Gasteiger partial charge >= 0.3 is 12.0 Å². The van der Waals surface area contributed by atoms with Crippen molar-refractivity contribution in [2.24, 2.45) is 0 Å². The Morgan fingerprint density at radius 1 is 1.04 bits per heavy atom. The van der Waals surface area contributed by atoms with Crippen molar-refractivity contribution in [1.29, 1.82) is 5.26 Å². The lowest BCUT2D eigenvalue weighted by Crippen LogP contribution is -2.56. The van der Waals surface area contributed by atoms with Crippen LogP contribution in [0.1, 0.15) is 32.8 Å². The van der Waals surface area contributed by atoms with E-state index in [0.717, 1.165) is 50.0 Å². The molecule has 3 aliphatic rings. The average Bonchev–Trinajstić information content (AvgIpc) is 3.01. The van der Waals surface area contributed by atoms with Gasteiger partial charge in [-0.15, -0.1) is 0 Å². The molecule has 4 heterocycles. The molecule has 3 fully saturated rings. The Kier molecular flexibility index (Phi) is 9.16. The first-order valence-electron chi connectivity index (χ1n) is 15.8. The summed E-state index contributed by atoms with van der Waals surface area (Å²) in [6.07, 6.45) is -0.993. The molecule has 3 aliphatic heterocycles. The summed E-state index contributed by atoms with van der Waals surface area (Å²) in [5.74, 6) is -2.74. The molecule has 1 atom stereocenters. The van der Waals surface area contributed by atoms with Gasteiger partial charge in [0.2, 0.25) is 0 Å². The summed E-state index contributed by atoms with van der Waals surface area (Å²) in [4.78, 5) is 26.9. The van der Waals surface area contributed by atoms with Crippen LogP contribution >= 0.6 is 0 Å². The predicted octanol–water partition coefficient (Wildman–Crippen LogP) is 5.30. The minimum Gasteiger partial charge on any atom is -0.483 e. The van der Waals surface area contributed by atoms with Crippen molar-refractivity contribution in [2.45, 2.75) is 50.9 Å². The molecule has 3 saturated heterocycles. The number of alkyl halides is 2. The van der Waals surface area contributed by atoms with E-state index in [4.69, 9.17) is 14.2 Å². The fourth-order valence-corrected chi connectivity index (χ4v) is 5.85. The molecule has 2 aromatic carbocycles. The van der Waals surface area contributed by atoms with E-state index in [1.807, 2.05) is 12.1 Å². The van der Waals surface area contributed by atoms with Gasteiger partial charge in [-0.25, -0.2) is 23.5 Å². The van der Waals surface area contributed by atoms with E-state index in [9.17, 15) is 10.1 Å². The quantitative estimate of drug-likeness (QED) is 0.362. The number of nitrogens with one attached hydrogen (secondary N) is 1. The summed E-state index contributed by atoms with van der Waals surface area (Å²) in [7, 11) is 0. The molecule has 0 spiro atoms.